The molecule has 3 aliphatic rings. The molecular weight excluding hydrogens is 294 g/mol. The van der Waals surface area contributed by atoms with E-state index in [-0.39, 0.29) is 41.8 Å². The molecule has 21 heavy (non-hydrogen) atoms. The van der Waals surface area contributed by atoms with Gasteiger partial charge in [-0.05, 0) is 6.42 Å². The molecule has 3 saturated heterocycles. The summed E-state index contributed by atoms with van der Waals surface area (Å²) in [7, 11) is -3.02. The number of nitrogens with one attached hydrogen (secondary N) is 1. The van der Waals surface area contributed by atoms with Crippen molar-refractivity contribution in [1.29, 1.82) is 0 Å². The average Bonchev–Trinajstić information content (AvgIpc) is 2.79. The summed E-state index contributed by atoms with van der Waals surface area (Å²) in [5.41, 5.74) is 0. The van der Waals surface area contributed by atoms with E-state index < -0.39 is 9.84 Å². The van der Waals surface area contributed by atoms with Crippen molar-refractivity contribution in [1.82, 2.24) is 15.1 Å². The van der Waals surface area contributed by atoms with Crippen molar-refractivity contribution >= 4 is 21.7 Å². The Morgan fingerprint density at radius 2 is 2.14 bits per heavy atom. The molecule has 0 radical (unpaired) electrons. The highest BCUT2D eigenvalue weighted by molar-refractivity contribution is 7.91. The molecule has 2 amide bonds. The molecule has 0 aromatic rings. The Bertz CT molecular complexity index is 548. The summed E-state index contributed by atoms with van der Waals surface area (Å²) >= 11 is 0. The molecule has 3 fully saturated rings. The first-order chi connectivity index (χ1) is 9.94. The molecular formula is C13H21N3O4S. The molecule has 7 nitrogen and oxygen atoms in total. The Labute approximate surface area is 124 Å². The monoisotopic (exact) mass is 315 g/mol. The van der Waals surface area contributed by atoms with Gasteiger partial charge in [-0.15, -0.1) is 0 Å². The number of hydrogen-bond acceptors (Lipinski definition) is 5. The topological polar surface area (TPSA) is 86.8 Å². The number of hydrogen-bond donors (Lipinski definition) is 1. The van der Waals surface area contributed by atoms with Crippen molar-refractivity contribution in [2.45, 2.75) is 31.3 Å². The van der Waals surface area contributed by atoms with Crippen molar-refractivity contribution in [3.05, 3.63) is 0 Å². The Kier molecular flexibility index (Phi) is 3.92. The van der Waals surface area contributed by atoms with Crippen molar-refractivity contribution in [2.75, 3.05) is 37.7 Å². The fraction of sp³-hybridized carbons (Fsp3) is 0.846. The molecule has 118 valence electrons. The number of amides is 2. The number of carbonyl (C=O) groups excluding carboxylic acids is 2. The SMILES string of the molecule is O=C(CC1CS(=O)(=O)CCN1)N1CCN2C(=O)CCC2C1. The summed E-state index contributed by atoms with van der Waals surface area (Å²) in [6.07, 6.45) is 1.62. The quantitative estimate of drug-likeness (QED) is 0.677. The minimum absolute atomic E-state index is 0.0106. The van der Waals surface area contributed by atoms with Gasteiger partial charge < -0.3 is 15.1 Å². The zero-order valence-electron chi connectivity index (χ0n) is 12.0. The van der Waals surface area contributed by atoms with E-state index in [0.717, 1.165) is 6.42 Å². The van der Waals surface area contributed by atoms with E-state index in [4.69, 9.17) is 0 Å². The van der Waals surface area contributed by atoms with Crippen LogP contribution >= 0.6 is 0 Å². The number of piperazine rings is 1. The fourth-order valence-electron chi connectivity index (χ4n) is 3.43. The second-order valence-electron chi connectivity index (χ2n) is 6.09. The summed E-state index contributed by atoms with van der Waals surface area (Å²) in [4.78, 5) is 27.6. The maximum absolute atomic E-state index is 12.3. The molecule has 1 N–H and O–H groups in total. The zero-order chi connectivity index (χ0) is 15.0. The van der Waals surface area contributed by atoms with Crippen LogP contribution in [0.5, 0.6) is 0 Å². The highest BCUT2D eigenvalue weighted by Crippen LogP contribution is 2.23. The molecule has 0 bridgehead atoms. The first kappa shape index (κ1) is 14.8. The maximum Gasteiger partial charge on any atom is 0.224 e. The summed E-state index contributed by atoms with van der Waals surface area (Å²) in [5, 5.41) is 3.11. The maximum atomic E-state index is 12.3. The summed E-state index contributed by atoms with van der Waals surface area (Å²) < 4.78 is 23.2. The Hall–Kier alpha value is -1.15. The lowest BCUT2D eigenvalue weighted by molar-refractivity contribution is -0.139. The van der Waals surface area contributed by atoms with Crippen molar-refractivity contribution in [3.63, 3.8) is 0 Å². The van der Waals surface area contributed by atoms with E-state index in [1.165, 1.54) is 0 Å². The molecule has 0 aromatic heterocycles. The highest BCUT2D eigenvalue weighted by Gasteiger charge is 2.37. The molecule has 3 heterocycles. The van der Waals surface area contributed by atoms with E-state index in [1.807, 2.05) is 4.90 Å². The van der Waals surface area contributed by atoms with Crippen LogP contribution in [0.3, 0.4) is 0 Å². The first-order valence-electron chi connectivity index (χ1n) is 7.46. The van der Waals surface area contributed by atoms with Gasteiger partial charge in [0, 0.05) is 51.1 Å². The highest BCUT2D eigenvalue weighted by atomic mass is 32.2. The van der Waals surface area contributed by atoms with Crippen LogP contribution in [0.25, 0.3) is 0 Å². The van der Waals surface area contributed by atoms with Gasteiger partial charge >= 0.3 is 0 Å². The molecule has 0 spiro atoms. The van der Waals surface area contributed by atoms with Gasteiger partial charge in [0.2, 0.25) is 11.8 Å². The van der Waals surface area contributed by atoms with Crippen molar-refractivity contribution < 1.29 is 18.0 Å². The molecule has 8 heteroatoms. The van der Waals surface area contributed by atoms with Gasteiger partial charge in [-0.2, -0.15) is 0 Å². The van der Waals surface area contributed by atoms with Gasteiger partial charge in [-0.1, -0.05) is 0 Å². The number of rotatable bonds is 2. The van der Waals surface area contributed by atoms with Crippen LogP contribution in [-0.4, -0.2) is 79.8 Å². The second kappa shape index (κ2) is 5.57. The van der Waals surface area contributed by atoms with Gasteiger partial charge in [0.05, 0.1) is 11.5 Å². The standard InChI is InChI=1S/C13H21N3O4S/c17-12-2-1-11-8-15(4-5-16(11)12)13(18)7-10-9-21(19,20)6-3-14-10/h10-11,14H,1-9H2. The lowest BCUT2D eigenvalue weighted by Crippen LogP contribution is -2.55. The van der Waals surface area contributed by atoms with E-state index in [9.17, 15) is 18.0 Å². The number of carbonyl (C=O) groups is 2. The van der Waals surface area contributed by atoms with Crippen LogP contribution in [0, 0.1) is 0 Å². The van der Waals surface area contributed by atoms with Gasteiger partial charge in [-0.25, -0.2) is 8.42 Å². The summed E-state index contributed by atoms with van der Waals surface area (Å²) in [5.74, 6) is 0.372. The molecule has 3 aliphatic heterocycles. The van der Waals surface area contributed by atoms with Crippen LogP contribution in [0.4, 0.5) is 0 Å². The third kappa shape index (κ3) is 3.21. The van der Waals surface area contributed by atoms with E-state index in [1.54, 1.807) is 4.90 Å². The molecule has 0 saturated carbocycles. The zero-order valence-corrected chi connectivity index (χ0v) is 12.8. The second-order valence-corrected chi connectivity index (χ2v) is 8.32. The molecule has 2 atom stereocenters. The van der Waals surface area contributed by atoms with Crippen molar-refractivity contribution in [3.8, 4) is 0 Å². The van der Waals surface area contributed by atoms with Crippen LogP contribution in [-0.2, 0) is 19.4 Å². The predicted molar refractivity (Wildman–Crippen MR) is 76.4 cm³/mol. The summed E-state index contributed by atoms with van der Waals surface area (Å²) in [6.45, 7) is 2.17. The van der Waals surface area contributed by atoms with Crippen LogP contribution in [0.2, 0.25) is 0 Å². The Morgan fingerprint density at radius 1 is 1.33 bits per heavy atom. The number of nitrogens with zero attached hydrogens (tertiary/aromatic N) is 2. The van der Waals surface area contributed by atoms with Crippen LogP contribution < -0.4 is 5.32 Å². The van der Waals surface area contributed by atoms with Crippen molar-refractivity contribution in [2.24, 2.45) is 0 Å². The normalized spacial score (nSPS) is 32.1. The molecule has 3 rings (SSSR count). The van der Waals surface area contributed by atoms with Gasteiger partial charge in [-0.3, -0.25) is 9.59 Å². The van der Waals surface area contributed by atoms with Crippen LogP contribution in [0.15, 0.2) is 0 Å². The number of fused-ring (bicyclic) bond motifs is 1. The molecule has 0 aliphatic carbocycles. The molecule has 2 unspecified atom stereocenters. The molecule has 0 aromatic carbocycles. The smallest absolute Gasteiger partial charge is 0.224 e. The number of sulfone groups is 1. The predicted octanol–water partition coefficient (Wildman–Crippen LogP) is -1.40. The van der Waals surface area contributed by atoms with E-state index in [0.29, 0.717) is 32.6 Å². The fourth-order valence-corrected chi connectivity index (χ4v) is 4.87. The lowest BCUT2D eigenvalue weighted by Gasteiger charge is -2.38. The van der Waals surface area contributed by atoms with E-state index in [2.05, 4.69) is 5.32 Å². The Morgan fingerprint density at radius 3 is 2.90 bits per heavy atom. The van der Waals surface area contributed by atoms with E-state index >= 15 is 0 Å². The summed E-state index contributed by atoms with van der Waals surface area (Å²) in [6, 6.07) is -0.127. The Balaban J connectivity index is 1.55. The minimum Gasteiger partial charge on any atom is -0.339 e. The minimum atomic E-state index is -3.02. The van der Waals surface area contributed by atoms with Gasteiger partial charge in [0.25, 0.3) is 0 Å². The third-order valence-corrected chi connectivity index (χ3v) is 6.31. The van der Waals surface area contributed by atoms with Gasteiger partial charge in [0.1, 0.15) is 0 Å². The third-order valence-electron chi connectivity index (χ3n) is 4.57. The largest absolute Gasteiger partial charge is 0.339 e. The van der Waals surface area contributed by atoms with Gasteiger partial charge in [0.15, 0.2) is 9.84 Å². The first-order valence-corrected chi connectivity index (χ1v) is 9.28. The lowest BCUT2D eigenvalue weighted by atomic mass is 10.1. The average molecular weight is 315 g/mol. The van der Waals surface area contributed by atoms with Crippen LogP contribution in [0.1, 0.15) is 19.3 Å².